The summed E-state index contributed by atoms with van der Waals surface area (Å²) in [4.78, 5) is 11.2. The number of rotatable bonds is 2. The summed E-state index contributed by atoms with van der Waals surface area (Å²) in [5.41, 5.74) is 0. The van der Waals surface area contributed by atoms with Crippen LogP contribution in [0.2, 0.25) is 0 Å². The van der Waals surface area contributed by atoms with Crippen molar-refractivity contribution in [2.45, 2.75) is 30.0 Å². The van der Waals surface area contributed by atoms with E-state index in [4.69, 9.17) is 0 Å². The lowest BCUT2D eigenvalue weighted by Gasteiger charge is -2.00. The normalized spacial score (nSPS) is 29.9. The molecule has 0 aromatic carbocycles. The molecule has 0 amide bonds. The molecule has 2 aliphatic rings. The molecule has 2 rings (SSSR count). The summed E-state index contributed by atoms with van der Waals surface area (Å²) in [5, 5.41) is 0. The predicted octanol–water partition coefficient (Wildman–Crippen LogP) is 1.89. The topological polar surface area (TPSA) is 17.1 Å². The van der Waals surface area contributed by atoms with Crippen LogP contribution in [0.5, 0.6) is 0 Å². The zero-order valence-corrected chi connectivity index (χ0v) is 6.78. The van der Waals surface area contributed by atoms with Gasteiger partial charge in [-0.25, -0.2) is 0 Å². The second kappa shape index (κ2) is 1.60. The van der Waals surface area contributed by atoms with Crippen molar-refractivity contribution in [3.63, 3.8) is 0 Å². The van der Waals surface area contributed by atoms with Gasteiger partial charge in [-0.15, -0.1) is 0 Å². The van der Waals surface area contributed by atoms with Crippen LogP contribution >= 0.6 is 15.9 Å². The van der Waals surface area contributed by atoms with Gasteiger partial charge in [-0.1, -0.05) is 15.9 Å². The minimum atomic E-state index is -0.0336. The summed E-state index contributed by atoms with van der Waals surface area (Å²) in [7, 11) is 0. The van der Waals surface area contributed by atoms with Crippen molar-refractivity contribution in [1.29, 1.82) is 0 Å². The standard InChI is InChI=1S/C7H9BrO/c8-7(3-4-7)6(9)5-1-2-5/h5H,1-4H2. The molecule has 2 heteroatoms. The first kappa shape index (κ1) is 5.90. The molecule has 0 unspecified atom stereocenters. The number of ketones is 1. The van der Waals surface area contributed by atoms with E-state index >= 15 is 0 Å². The SMILES string of the molecule is O=C(C1CC1)C1(Br)CC1. The minimum Gasteiger partial charge on any atom is -0.298 e. The Kier molecular flexibility index (Phi) is 1.05. The minimum absolute atomic E-state index is 0.0336. The highest BCUT2D eigenvalue weighted by Gasteiger charge is 2.51. The lowest BCUT2D eigenvalue weighted by molar-refractivity contribution is -0.120. The van der Waals surface area contributed by atoms with Gasteiger partial charge in [0.05, 0.1) is 4.32 Å². The molecule has 0 aromatic heterocycles. The van der Waals surface area contributed by atoms with Crippen LogP contribution in [0.25, 0.3) is 0 Å². The van der Waals surface area contributed by atoms with E-state index in [1.54, 1.807) is 0 Å². The van der Waals surface area contributed by atoms with Gasteiger partial charge in [0.25, 0.3) is 0 Å². The summed E-state index contributed by atoms with van der Waals surface area (Å²) in [5.74, 6) is 0.911. The molecule has 2 saturated carbocycles. The van der Waals surface area contributed by atoms with Crippen LogP contribution in [0.4, 0.5) is 0 Å². The van der Waals surface area contributed by atoms with Crippen molar-refractivity contribution in [3.05, 3.63) is 0 Å². The fourth-order valence-corrected chi connectivity index (χ4v) is 1.59. The van der Waals surface area contributed by atoms with Crippen molar-refractivity contribution in [2.24, 2.45) is 5.92 Å². The third-order valence-electron chi connectivity index (χ3n) is 2.08. The summed E-state index contributed by atoms with van der Waals surface area (Å²) >= 11 is 3.45. The van der Waals surface area contributed by atoms with Crippen molar-refractivity contribution in [2.75, 3.05) is 0 Å². The Morgan fingerprint density at radius 3 is 2.33 bits per heavy atom. The molecule has 2 fully saturated rings. The monoisotopic (exact) mass is 188 g/mol. The van der Waals surface area contributed by atoms with E-state index in [0.717, 1.165) is 25.7 Å². The van der Waals surface area contributed by atoms with E-state index in [2.05, 4.69) is 15.9 Å². The van der Waals surface area contributed by atoms with E-state index < -0.39 is 0 Å². The van der Waals surface area contributed by atoms with Gasteiger partial charge in [0.15, 0.2) is 5.78 Å². The maximum Gasteiger partial charge on any atom is 0.152 e. The summed E-state index contributed by atoms with van der Waals surface area (Å²) in [6, 6.07) is 0. The Bertz CT molecular complexity index is 156. The van der Waals surface area contributed by atoms with Gasteiger partial charge in [0.1, 0.15) is 0 Å². The number of hydrogen-bond donors (Lipinski definition) is 0. The molecule has 0 aliphatic heterocycles. The molecule has 9 heavy (non-hydrogen) atoms. The van der Waals surface area contributed by atoms with Crippen molar-refractivity contribution >= 4 is 21.7 Å². The Morgan fingerprint density at radius 2 is 2.00 bits per heavy atom. The summed E-state index contributed by atoms with van der Waals surface area (Å²) in [6.45, 7) is 0. The molecule has 1 nitrogen and oxygen atoms in total. The van der Waals surface area contributed by atoms with Crippen LogP contribution in [0.1, 0.15) is 25.7 Å². The van der Waals surface area contributed by atoms with Crippen LogP contribution in [0.3, 0.4) is 0 Å². The highest BCUT2D eigenvalue weighted by atomic mass is 79.9. The van der Waals surface area contributed by atoms with Crippen molar-refractivity contribution in [1.82, 2.24) is 0 Å². The van der Waals surface area contributed by atoms with Gasteiger partial charge in [-0.3, -0.25) is 4.79 Å². The highest BCUT2D eigenvalue weighted by molar-refractivity contribution is 9.10. The van der Waals surface area contributed by atoms with E-state index in [9.17, 15) is 4.79 Å². The van der Waals surface area contributed by atoms with Crippen molar-refractivity contribution in [3.8, 4) is 0 Å². The molecular formula is C7H9BrO. The van der Waals surface area contributed by atoms with Gasteiger partial charge in [0, 0.05) is 5.92 Å². The van der Waals surface area contributed by atoms with Gasteiger partial charge >= 0.3 is 0 Å². The summed E-state index contributed by atoms with van der Waals surface area (Å²) < 4.78 is -0.0336. The van der Waals surface area contributed by atoms with E-state index in [1.165, 1.54) is 0 Å². The van der Waals surface area contributed by atoms with E-state index in [1.807, 2.05) is 0 Å². The zero-order chi connectivity index (χ0) is 6.48. The van der Waals surface area contributed by atoms with E-state index in [-0.39, 0.29) is 4.32 Å². The fraction of sp³-hybridized carbons (Fsp3) is 0.857. The molecule has 50 valence electrons. The number of alkyl halides is 1. The van der Waals surface area contributed by atoms with Gasteiger partial charge in [-0.2, -0.15) is 0 Å². The van der Waals surface area contributed by atoms with Crippen LogP contribution < -0.4 is 0 Å². The second-order valence-corrected chi connectivity index (χ2v) is 4.62. The van der Waals surface area contributed by atoms with E-state index in [0.29, 0.717) is 11.7 Å². The average molecular weight is 189 g/mol. The summed E-state index contributed by atoms with van der Waals surface area (Å²) in [6.07, 6.45) is 4.43. The van der Waals surface area contributed by atoms with Gasteiger partial charge < -0.3 is 0 Å². The average Bonchev–Trinajstić information content (AvgIpc) is 2.54. The predicted molar refractivity (Wildman–Crippen MR) is 38.6 cm³/mol. The maximum atomic E-state index is 11.2. The highest BCUT2D eigenvalue weighted by Crippen LogP contribution is 2.50. The molecule has 0 aromatic rings. The first-order valence-electron chi connectivity index (χ1n) is 3.46. The van der Waals surface area contributed by atoms with Crippen LogP contribution in [0.15, 0.2) is 0 Å². The third kappa shape index (κ3) is 0.936. The maximum absolute atomic E-state index is 11.2. The van der Waals surface area contributed by atoms with Crippen LogP contribution in [0, 0.1) is 5.92 Å². The zero-order valence-electron chi connectivity index (χ0n) is 5.19. The van der Waals surface area contributed by atoms with Gasteiger partial charge in [-0.05, 0) is 25.7 Å². The quantitative estimate of drug-likeness (QED) is 0.606. The number of halogens is 1. The number of Topliss-reactive ketones (excluding diaryl/α,β-unsaturated/α-hetero) is 1. The number of carbonyl (C=O) groups is 1. The fourth-order valence-electron chi connectivity index (χ4n) is 1.07. The second-order valence-electron chi connectivity index (χ2n) is 3.10. The van der Waals surface area contributed by atoms with Crippen LogP contribution in [-0.4, -0.2) is 10.1 Å². The molecule has 0 atom stereocenters. The number of hydrogen-bond acceptors (Lipinski definition) is 1. The molecule has 0 spiro atoms. The largest absolute Gasteiger partial charge is 0.298 e. The first-order valence-corrected chi connectivity index (χ1v) is 4.25. The van der Waals surface area contributed by atoms with Gasteiger partial charge in [0.2, 0.25) is 0 Å². The lowest BCUT2D eigenvalue weighted by Crippen LogP contribution is -2.16. The molecule has 2 aliphatic carbocycles. The van der Waals surface area contributed by atoms with Crippen LogP contribution in [-0.2, 0) is 4.79 Å². The third-order valence-corrected chi connectivity index (χ3v) is 3.26. The Hall–Kier alpha value is 0.150. The molecule has 0 radical (unpaired) electrons. The molecule has 0 bridgehead atoms. The Balaban J connectivity index is 2.03. The first-order chi connectivity index (χ1) is 4.22. The smallest absolute Gasteiger partial charge is 0.152 e. The lowest BCUT2D eigenvalue weighted by atomic mass is 10.2. The molecule has 0 heterocycles. The number of carbonyl (C=O) groups excluding carboxylic acids is 1. The Labute approximate surface area is 62.9 Å². The molecular weight excluding hydrogens is 180 g/mol. The van der Waals surface area contributed by atoms with Crippen molar-refractivity contribution < 1.29 is 4.79 Å². The molecule has 0 N–H and O–H groups in total. The Morgan fingerprint density at radius 1 is 1.44 bits per heavy atom. The molecule has 0 saturated heterocycles.